The number of benzene rings is 2. The molecule has 0 radical (unpaired) electrons. The highest BCUT2D eigenvalue weighted by Gasteiger charge is 2.16. The van der Waals surface area contributed by atoms with Gasteiger partial charge in [-0.1, -0.05) is 45.9 Å². The summed E-state index contributed by atoms with van der Waals surface area (Å²) in [6, 6.07) is 16.1. The Balaban J connectivity index is 1.64. The van der Waals surface area contributed by atoms with Gasteiger partial charge in [0.2, 0.25) is 5.91 Å². The van der Waals surface area contributed by atoms with E-state index in [0.717, 1.165) is 16.2 Å². The van der Waals surface area contributed by atoms with Crippen LogP contribution in [0.5, 0.6) is 0 Å². The topological polar surface area (TPSA) is 93.1 Å². The summed E-state index contributed by atoms with van der Waals surface area (Å²) in [4.78, 5) is 41.2. The summed E-state index contributed by atoms with van der Waals surface area (Å²) in [5.41, 5.74) is 0.709. The summed E-state index contributed by atoms with van der Waals surface area (Å²) < 4.78 is 2.18. The van der Waals surface area contributed by atoms with E-state index in [0.29, 0.717) is 16.5 Å². The van der Waals surface area contributed by atoms with Gasteiger partial charge in [0.15, 0.2) is 5.16 Å². The van der Waals surface area contributed by atoms with Gasteiger partial charge in [0, 0.05) is 29.1 Å². The zero-order valence-electron chi connectivity index (χ0n) is 15.4. The number of carbonyl (C=O) groups excluding carboxylic acids is 2. The van der Waals surface area contributed by atoms with Crippen LogP contribution in [0.1, 0.15) is 10.4 Å². The van der Waals surface area contributed by atoms with Crippen LogP contribution in [0.3, 0.4) is 0 Å². The minimum atomic E-state index is -0.533. The van der Waals surface area contributed by atoms with Gasteiger partial charge in [-0.3, -0.25) is 19.0 Å². The molecule has 0 atom stereocenters. The lowest BCUT2D eigenvalue weighted by atomic mass is 10.2. The second-order valence-corrected chi connectivity index (χ2v) is 7.84. The second kappa shape index (κ2) is 9.53. The van der Waals surface area contributed by atoms with E-state index in [-0.39, 0.29) is 17.2 Å². The molecular weight excluding hydrogens is 456 g/mol. The number of hydrogen-bond donors (Lipinski definition) is 2. The van der Waals surface area contributed by atoms with E-state index in [2.05, 4.69) is 31.5 Å². The van der Waals surface area contributed by atoms with Crippen molar-refractivity contribution in [3.8, 4) is 0 Å². The molecule has 1 aromatic heterocycles. The van der Waals surface area contributed by atoms with Crippen molar-refractivity contribution < 1.29 is 9.59 Å². The lowest BCUT2D eigenvalue weighted by molar-refractivity contribution is -0.113. The molecule has 0 aliphatic rings. The highest BCUT2D eigenvalue weighted by atomic mass is 79.9. The number of thioether (sulfide) groups is 1. The monoisotopic (exact) mass is 472 g/mol. The lowest BCUT2D eigenvalue weighted by Crippen LogP contribution is -2.29. The average molecular weight is 473 g/mol. The molecule has 0 saturated carbocycles. The highest BCUT2D eigenvalue weighted by molar-refractivity contribution is 9.10. The number of rotatable bonds is 6. The second-order valence-electron chi connectivity index (χ2n) is 5.98. The molecule has 7 nitrogen and oxygen atoms in total. The summed E-state index contributed by atoms with van der Waals surface area (Å²) in [5.74, 6) is -0.683. The number of nitrogens with zero attached hydrogens (tertiary/aromatic N) is 2. The van der Waals surface area contributed by atoms with Crippen LogP contribution in [0, 0.1) is 0 Å². The minimum Gasteiger partial charge on any atom is -0.325 e. The van der Waals surface area contributed by atoms with E-state index >= 15 is 0 Å². The molecule has 0 aliphatic carbocycles. The van der Waals surface area contributed by atoms with Gasteiger partial charge in [0.1, 0.15) is 5.56 Å². The number of para-hydroxylation sites is 1. The van der Waals surface area contributed by atoms with Crippen molar-refractivity contribution in [1.29, 1.82) is 0 Å². The Labute approximate surface area is 179 Å². The summed E-state index contributed by atoms with van der Waals surface area (Å²) in [6.07, 6.45) is 1.23. The quantitative estimate of drug-likeness (QED) is 0.422. The lowest BCUT2D eigenvalue weighted by Gasteiger charge is -2.10. The molecule has 0 spiro atoms. The van der Waals surface area contributed by atoms with Gasteiger partial charge in [0.25, 0.3) is 11.5 Å². The van der Waals surface area contributed by atoms with Crippen molar-refractivity contribution in [2.45, 2.75) is 5.16 Å². The minimum absolute atomic E-state index is 0.0694. The molecule has 29 heavy (non-hydrogen) atoms. The number of carbonyl (C=O) groups is 2. The van der Waals surface area contributed by atoms with Crippen LogP contribution in [-0.2, 0) is 11.8 Å². The predicted molar refractivity (Wildman–Crippen MR) is 117 cm³/mol. The molecule has 0 saturated heterocycles. The third kappa shape index (κ3) is 5.55. The van der Waals surface area contributed by atoms with Crippen LogP contribution in [-0.4, -0.2) is 27.1 Å². The number of halogens is 1. The Kier molecular flexibility index (Phi) is 6.84. The van der Waals surface area contributed by atoms with Crippen molar-refractivity contribution in [1.82, 2.24) is 9.55 Å². The van der Waals surface area contributed by atoms with Gasteiger partial charge in [0.05, 0.1) is 5.75 Å². The van der Waals surface area contributed by atoms with Crippen LogP contribution in [0.15, 0.2) is 75.2 Å². The molecule has 2 amide bonds. The van der Waals surface area contributed by atoms with Crippen LogP contribution in [0.25, 0.3) is 0 Å². The number of hydrogen-bond acceptors (Lipinski definition) is 5. The third-order valence-electron chi connectivity index (χ3n) is 3.86. The Morgan fingerprint density at radius 3 is 2.38 bits per heavy atom. The van der Waals surface area contributed by atoms with E-state index in [4.69, 9.17) is 0 Å². The first-order valence-electron chi connectivity index (χ1n) is 8.54. The van der Waals surface area contributed by atoms with Gasteiger partial charge >= 0.3 is 0 Å². The molecule has 9 heteroatoms. The van der Waals surface area contributed by atoms with Gasteiger partial charge in [-0.05, 0) is 36.4 Å². The van der Waals surface area contributed by atoms with Crippen molar-refractivity contribution in [2.75, 3.05) is 16.4 Å². The fourth-order valence-electron chi connectivity index (χ4n) is 2.40. The van der Waals surface area contributed by atoms with Gasteiger partial charge in [-0.25, -0.2) is 4.98 Å². The maximum atomic E-state index is 12.5. The van der Waals surface area contributed by atoms with Gasteiger partial charge in [-0.2, -0.15) is 0 Å². The summed E-state index contributed by atoms with van der Waals surface area (Å²) in [6.45, 7) is 0. The molecule has 3 rings (SSSR count). The van der Waals surface area contributed by atoms with E-state index in [1.54, 1.807) is 36.4 Å². The summed E-state index contributed by atoms with van der Waals surface area (Å²) in [5, 5.41) is 5.78. The standard InChI is InChI=1S/C20H17BrN4O3S/c1-25-19(28)16(18(27)24-14-5-3-2-4-6-14)11-22-20(25)29-12-17(26)23-15-9-7-13(21)8-10-15/h2-11H,12H2,1H3,(H,23,26)(H,24,27). The van der Waals surface area contributed by atoms with Crippen molar-refractivity contribution in [3.05, 3.63) is 81.2 Å². The van der Waals surface area contributed by atoms with E-state index in [1.165, 1.54) is 17.8 Å². The highest BCUT2D eigenvalue weighted by Crippen LogP contribution is 2.17. The molecule has 0 aliphatic heterocycles. The molecule has 2 aromatic carbocycles. The number of aromatic nitrogens is 2. The summed E-state index contributed by atoms with van der Waals surface area (Å²) in [7, 11) is 1.52. The van der Waals surface area contributed by atoms with Crippen LogP contribution in [0.4, 0.5) is 11.4 Å². The van der Waals surface area contributed by atoms with Crippen molar-refractivity contribution in [2.24, 2.45) is 7.05 Å². The molecule has 0 unspecified atom stereocenters. The van der Waals surface area contributed by atoms with Gasteiger partial charge < -0.3 is 10.6 Å². The molecule has 1 heterocycles. The predicted octanol–water partition coefficient (Wildman–Crippen LogP) is 3.53. The first-order chi connectivity index (χ1) is 13.9. The maximum Gasteiger partial charge on any atom is 0.266 e. The van der Waals surface area contributed by atoms with Crippen molar-refractivity contribution >= 4 is 50.9 Å². The first kappa shape index (κ1) is 20.8. The first-order valence-corrected chi connectivity index (χ1v) is 10.3. The normalized spacial score (nSPS) is 10.4. The third-order valence-corrected chi connectivity index (χ3v) is 5.44. The number of nitrogens with one attached hydrogen (secondary N) is 2. The van der Waals surface area contributed by atoms with E-state index < -0.39 is 11.5 Å². The molecule has 0 bridgehead atoms. The van der Waals surface area contributed by atoms with Crippen LogP contribution >= 0.6 is 27.7 Å². The number of amides is 2. The maximum absolute atomic E-state index is 12.5. The fourth-order valence-corrected chi connectivity index (χ4v) is 3.40. The van der Waals surface area contributed by atoms with Crippen LogP contribution < -0.4 is 16.2 Å². The smallest absolute Gasteiger partial charge is 0.266 e. The largest absolute Gasteiger partial charge is 0.325 e. The number of anilines is 2. The zero-order chi connectivity index (χ0) is 20.8. The molecule has 148 valence electrons. The Morgan fingerprint density at radius 1 is 1.03 bits per heavy atom. The van der Waals surface area contributed by atoms with E-state index in [1.807, 2.05) is 18.2 Å². The Bertz CT molecular complexity index is 1090. The van der Waals surface area contributed by atoms with Crippen molar-refractivity contribution in [3.63, 3.8) is 0 Å². The SMILES string of the molecule is Cn1c(SCC(=O)Nc2ccc(Br)cc2)ncc(C(=O)Nc2ccccc2)c1=O. The molecule has 2 N–H and O–H groups in total. The Morgan fingerprint density at radius 2 is 1.69 bits per heavy atom. The van der Waals surface area contributed by atoms with Gasteiger partial charge in [-0.15, -0.1) is 0 Å². The summed E-state index contributed by atoms with van der Waals surface area (Å²) >= 11 is 4.45. The van der Waals surface area contributed by atoms with E-state index in [9.17, 15) is 14.4 Å². The zero-order valence-corrected chi connectivity index (χ0v) is 17.8. The van der Waals surface area contributed by atoms with Crippen LogP contribution in [0.2, 0.25) is 0 Å². The molecule has 0 fully saturated rings. The fraction of sp³-hybridized carbons (Fsp3) is 0.100. The molecular formula is C20H17BrN4O3S. The average Bonchev–Trinajstić information content (AvgIpc) is 2.71. The molecule has 3 aromatic rings. The Hall–Kier alpha value is -2.91.